The van der Waals surface area contributed by atoms with Crippen molar-refractivity contribution in [2.24, 2.45) is 35.5 Å². The second-order valence-electron chi connectivity index (χ2n) is 7.73. The number of ether oxygens (including phenoxy) is 1. The fourth-order valence-corrected chi connectivity index (χ4v) is 4.17. The van der Waals surface area contributed by atoms with E-state index in [2.05, 4.69) is 45.9 Å². The molecule has 0 aromatic rings. The Kier molecular flexibility index (Phi) is 5.52. The number of hydrogen-bond donors (Lipinski definition) is 0. The van der Waals surface area contributed by atoms with E-state index in [1.54, 1.807) is 0 Å². The molecule has 124 valence electrons. The SMILES string of the molecule is CC[C@H](C)C(=O)O[C@H]1C[C@@H](C)C=C2C=C[C@@H](C)[C@H](C(C)C)C21. The van der Waals surface area contributed by atoms with Crippen molar-refractivity contribution in [1.29, 1.82) is 0 Å². The number of rotatable bonds is 4. The smallest absolute Gasteiger partial charge is 0.308 e. The lowest BCUT2D eigenvalue weighted by Gasteiger charge is -2.44. The number of hydrogen-bond acceptors (Lipinski definition) is 2. The number of esters is 1. The van der Waals surface area contributed by atoms with Crippen molar-refractivity contribution in [2.45, 2.75) is 60.5 Å². The molecule has 0 heterocycles. The average molecular weight is 304 g/mol. The van der Waals surface area contributed by atoms with E-state index in [1.807, 2.05) is 13.8 Å². The largest absolute Gasteiger partial charge is 0.461 e. The molecule has 6 atom stereocenters. The van der Waals surface area contributed by atoms with Gasteiger partial charge in [-0.05, 0) is 42.1 Å². The Labute approximate surface area is 136 Å². The third-order valence-electron chi connectivity index (χ3n) is 5.53. The number of carbonyl (C=O) groups excluding carboxylic acids is 1. The molecule has 22 heavy (non-hydrogen) atoms. The quantitative estimate of drug-likeness (QED) is 0.683. The molecule has 0 N–H and O–H groups in total. The zero-order chi connectivity index (χ0) is 16.4. The molecule has 0 aromatic heterocycles. The van der Waals surface area contributed by atoms with Crippen LogP contribution in [0, 0.1) is 35.5 Å². The molecule has 1 unspecified atom stereocenters. The van der Waals surface area contributed by atoms with E-state index < -0.39 is 0 Å². The second-order valence-corrected chi connectivity index (χ2v) is 7.73. The van der Waals surface area contributed by atoms with Gasteiger partial charge in [-0.25, -0.2) is 0 Å². The van der Waals surface area contributed by atoms with E-state index in [0.29, 0.717) is 29.6 Å². The molecule has 0 aliphatic heterocycles. The molecular formula is C20H32O2. The predicted octanol–water partition coefficient (Wildman–Crippen LogP) is 5.00. The minimum absolute atomic E-state index is 0.00119. The van der Waals surface area contributed by atoms with Gasteiger partial charge in [-0.1, -0.05) is 59.8 Å². The van der Waals surface area contributed by atoms with Crippen LogP contribution in [0.15, 0.2) is 23.8 Å². The van der Waals surface area contributed by atoms with Gasteiger partial charge in [0.15, 0.2) is 0 Å². The third kappa shape index (κ3) is 3.47. The highest BCUT2D eigenvalue weighted by Gasteiger charge is 2.42. The highest BCUT2D eigenvalue weighted by Crippen LogP contribution is 2.45. The Morgan fingerprint density at radius 2 is 2.00 bits per heavy atom. The summed E-state index contributed by atoms with van der Waals surface area (Å²) in [5.74, 6) is 2.51. The van der Waals surface area contributed by atoms with E-state index in [0.717, 1.165) is 12.8 Å². The fraction of sp³-hybridized carbons (Fsp3) is 0.750. The van der Waals surface area contributed by atoms with Gasteiger partial charge < -0.3 is 4.74 Å². The van der Waals surface area contributed by atoms with Gasteiger partial charge in [0, 0.05) is 5.92 Å². The highest BCUT2D eigenvalue weighted by atomic mass is 16.5. The lowest BCUT2D eigenvalue weighted by atomic mass is 9.63. The summed E-state index contributed by atoms with van der Waals surface area (Å²) in [7, 11) is 0. The van der Waals surface area contributed by atoms with Gasteiger partial charge in [0.25, 0.3) is 0 Å². The van der Waals surface area contributed by atoms with Gasteiger partial charge >= 0.3 is 5.97 Å². The van der Waals surface area contributed by atoms with Gasteiger partial charge in [-0.15, -0.1) is 0 Å². The first-order chi connectivity index (χ1) is 10.3. The van der Waals surface area contributed by atoms with Crippen LogP contribution < -0.4 is 0 Å². The minimum atomic E-state index is -0.0225. The first-order valence-electron chi connectivity index (χ1n) is 8.95. The molecular weight excluding hydrogens is 272 g/mol. The highest BCUT2D eigenvalue weighted by molar-refractivity contribution is 5.72. The van der Waals surface area contributed by atoms with Crippen LogP contribution >= 0.6 is 0 Å². The molecule has 2 rings (SSSR count). The zero-order valence-corrected chi connectivity index (χ0v) is 15.0. The van der Waals surface area contributed by atoms with Crippen LogP contribution in [-0.2, 0) is 9.53 Å². The summed E-state index contributed by atoms with van der Waals surface area (Å²) >= 11 is 0. The van der Waals surface area contributed by atoms with Gasteiger partial charge in [0.1, 0.15) is 6.10 Å². The predicted molar refractivity (Wildman–Crippen MR) is 91.3 cm³/mol. The second kappa shape index (κ2) is 7.02. The summed E-state index contributed by atoms with van der Waals surface area (Å²) in [6, 6.07) is 0. The molecule has 2 nitrogen and oxygen atoms in total. The van der Waals surface area contributed by atoms with Gasteiger partial charge in [0.05, 0.1) is 5.92 Å². The minimum Gasteiger partial charge on any atom is -0.461 e. The third-order valence-corrected chi connectivity index (χ3v) is 5.53. The van der Waals surface area contributed by atoms with E-state index in [4.69, 9.17) is 4.74 Å². The Morgan fingerprint density at radius 1 is 1.32 bits per heavy atom. The zero-order valence-electron chi connectivity index (χ0n) is 15.0. The van der Waals surface area contributed by atoms with Crippen molar-refractivity contribution in [3.05, 3.63) is 23.8 Å². The van der Waals surface area contributed by atoms with Crippen molar-refractivity contribution in [2.75, 3.05) is 0 Å². The van der Waals surface area contributed by atoms with Gasteiger partial charge in [0.2, 0.25) is 0 Å². The Bertz CT molecular complexity index is 460. The van der Waals surface area contributed by atoms with Crippen LogP contribution in [-0.4, -0.2) is 12.1 Å². The number of carbonyl (C=O) groups is 1. The maximum atomic E-state index is 12.3. The molecule has 0 amide bonds. The van der Waals surface area contributed by atoms with E-state index in [-0.39, 0.29) is 18.0 Å². The lowest BCUT2D eigenvalue weighted by Crippen LogP contribution is -2.43. The Hall–Kier alpha value is -1.05. The summed E-state index contributed by atoms with van der Waals surface area (Å²) in [5.41, 5.74) is 1.39. The van der Waals surface area contributed by atoms with Crippen molar-refractivity contribution in [3.63, 3.8) is 0 Å². The summed E-state index contributed by atoms with van der Waals surface area (Å²) in [6.45, 7) is 13.1. The van der Waals surface area contributed by atoms with Crippen molar-refractivity contribution < 1.29 is 9.53 Å². The first kappa shape index (κ1) is 17.3. The summed E-state index contributed by atoms with van der Waals surface area (Å²) in [6.07, 6.45) is 8.83. The maximum absolute atomic E-state index is 12.3. The molecule has 0 saturated carbocycles. The topological polar surface area (TPSA) is 26.3 Å². The van der Waals surface area contributed by atoms with E-state index >= 15 is 0 Å². The van der Waals surface area contributed by atoms with Crippen LogP contribution in [0.5, 0.6) is 0 Å². The van der Waals surface area contributed by atoms with Crippen LogP contribution in [0.25, 0.3) is 0 Å². The lowest BCUT2D eigenvalue weighted by molar-refractivity contribution is -0.158. The normalized spacial score (nSPS) is 35.8. The molecule has 0 bridgehead atoms. The maximum Gasteiger partial charge on any atom is 0.308 e. The standard InChI is InChI=1S/C20H32O2/c1-7-14(5)20(21)22-17-11-13(4)10-16-9-8-15(6)18(12(2)3)19(16)17/h8-10,12-15,17-19H,7,11H2,1-6H3/t13-,14-,15+,17-,18-,19?/m0/s1. The fourth-order valence-electron chi connectivity index (χ4n) is 4.17. The molecule has 0 radical (unpaired) electrons. The van der Waals surface area contributed by atoms with E-state index in [1.165, 1.54) is 5.57 Å². The number of fused-ring (bicyclic) bond motifs is 1. The van der Waals surface area contributed by atoms with Gasteiger partial charge in [-0.3, -0.25) is 4.79 Å². The Morgan fingerprint density at radius 3 is 2.59 bits per heavy atom. The molecule has 2 aliphatic rings. The van der Waals surface area contributed by atoms with E-state index in [9.17, 15) is 4.79 Å². The van der Waals surface area contributed by atoms with Gasteiger partial charge in [-0.2, -0.15) is 0 Å². The monoisotopic (exact) mass is 304 g/mol. The van der Waals surface area contributed by atoms with Crippen LogP contribution in [0.2, 0.25) is 0 Å². The van der Waals surface area contributed by atoms with Crippen molar-refractivity contribution >= 4 is 5.97 Å². The summed E-state index contributed by atoms with van der Waals surface area (Å²) in [5, 5.41) is 0. The summed E-state index contributed by atoms with van der Waals surface area (Å²) < 4.78 is 6.00. The number of allylic oxidation sites excluding steroid dienone is 3. The first-order valence-corrected chi connectivity index (χ1v) is 8.95. The Balaban J connectivity index is 2.28. The average Bonchev–Trinajstić information content (AvgIpc) is 2.46. The summed E-state index contributed by atoms with van der Waals surface area (Å²) in [4.78, 5) is 12.3. The van der Waals surface area contributed by atoms with Crippen LogP contribution in [0.1, 0.15) is 54.4 Å². The van der Waals surface area contributed by atoms with Crippen LogP contribution in [0.3, 0.4) is 0 Å². The van der Waals surface area contributed by atoms with Crippen LogP contribution in [0.4, 0.5) is 0 Å². The van der Waals surface area contributed by atoms with Crippen molar-refractivity contribution in [1.82, 2.24) is 0 Å². The molecule has 0 aromatic carbocycles. The molecule has 0 saturated heterocycles. The van der Waals surface area contributed by atoms with Crippen molar-refractivity contribution in [3.8, 4) is 0 Å². The molecule has 0 fully saturated rings. The molecule has 2 heteroatoms. The molecule has 2 aliphatic carbocycles. The molecule has 0 spiro atoms.